The van der Waals surface area contributed by atoms with Gasteiger partial charge in [-0.1, -0.05) is 0 Å². The second-order valence-corrected chi connectivity index (χ2v) is 2.91. The highest BCUT2D eigenvalue weighted by molar-refractivity contribution is 7.81. The average Bonchev–Trinajstić information content (AvgIpc) is 1.82. The van der Waals surface area contributed by atoms with Gasteiger partial charge in [0, 0.05) is 12.3 Å². The third-order valence-electron chi connectivity index (χ3n) is 0.790. The minimum absolute atomic E-state index is 0.0348. The number of hydrogen-bond acceptors (Lipinski definition) is 3. The van der Waals surface area contributed by atoms with E-state index in [9.17, 15) is 4.79 Å². The van der Waals surface area contributed by atoms with Gasteiger partial charge in [0.15, 0.2) is 0 Å². The maximum absolute atomic E-state index is 10.7. The molecule has 0 heterocycles. The summed E-state index contributed by atoms with van der Waals surface area (Å²) in [5.41, 5.74) is 0. The molecule has 0 spiro atoms. The van der Waals surface area contributed by atoms with Crippen LogP contribution < -0.4 is 5.32 Å². The summed E-state index contributed by atoms with van der Waals surface area (Å²) in [6.45, 7) is 2.35. The van der Waals surface area contributed by atoms with Gasteiger partial charge in [-0.3, -0.25) is 4.79 Å². The summed E-state index contributed by atoms with van der Waals surface area (Å²) < 4.78 is 0. The highest BCUT2D eigenvalue weighted by atomic mass is 32.1. The molecule has 1 amide bonds. The van der Waals surface area contributed by atoms with Crippen LogP contribution in [0.25, 0.3) is 0 Å². The fraction of sp³-hybridized carbons (Fsp3) is 0.800. The van der Waals surface area contributed by atoms with Gasteiger partial charge in [-0.05, 0) is 6.92 Å². The van der Waals surface area contributed by atoms with Crippen molar-refractivity contribution in [2.24, 2.45) is 0 Å². The zero-order valence-corrected chi connectivity index (χ0v) is 7.08. The van der Waals surface area contributed by atoms with Crippen LogP contribution in [0.2, 0.25) is 0 Å². The third-order valence-corrected chi connectivity index (χ3v) is 1.25. The molecule has 1 N–H and O–H groups in total. The van der Waals surface area contributed by atoms with Gasteiger partial charge in [0.1, 0.15) is 0 Å². The van der Waals surface area contributed by atoms with Crippen molar-refractivity contribution in [2.75, 3.05) is 12.3 Å². The van der Waals surface area contributed by atoms with E-state index in [2.05, 4.69) is 30.6 Å². The molecule has 0 radical (unpaired) electrons. The van der Waals surface area contributed by atoms with Gasteiger partial charge < -0.3 is 5.32 Å². The summed E-state index contributed by atoms with van der Waals surface area (Å²) in [6.07, 6.45) is 0. The molecule has 4 heteroatoms. The topological polar surface area (TPSA) is 29.1 Å². The zero-order chi connectivity index (χ0) is 7.28. The monoisotopic (exact) mass is 165 g/mol. The summed E-state index contributed by atoms with van der Waals surface area (Å²) in [7, 11) is 0. The van der Waals surface area contributed by atoms with Crippen LogP contribution in [-0.2, 0) is 4.79 Å². The molecule has 54 valence electrons. The van der Waals surface area contributed by atoms with E-state index in [4.69, 9.17) is 0 Å². The summed E-state index contributed by atoms with van der Waals surface area (Å²) in [5.74, 6) is 0.638. The van der Waals surface area contributed by atoms with E-state index in [0.717, 1.165) is 0 Å². The Kier molecular flexibility index (Phi) is 5.09. The SMILES string of the molecule is CC(S)C(=O)NCCS. The maximum atomic E-state index is 10.7. The second-order valence-electron chi connectivity index (χ2n) is 1.69. The Morgan fingerprint density at radius 2 is 2.33 bits per heavy atom. The van der Waals surface area contributed by atoms with Crippen molar-refractivity contribution in [3.8, 4) is 0 Å². The lowest BCUT2D eigenvalue weighted by atomic mass is 10.4. The molecule has 0 fully saturated rings. The number of nitrogens with one attached hydrogen (secondary N) is 1. The Balaban J connectivity index is 3.28. The van der Waals surface area contributed by atoms with Crippen molar-refractivity contribution in [3.63, 3.8) is 0 Å². The number of thiol groups is 2. The van der Waals surface area contributed by atoms with Crippen molar-refractivity contribution < 1.29 is 4.79 Å². The molecule has 1 unspecified atom stereocenters. The second kappa shape index (κ2) is 4.99. The number of hydrogen-bond donors (Lipinski definition) is 3. The lowest BCUT2D eigenvalue weighted by molar-refractivity contribution is -0.120. The van der Waals surface area contributed by atoms with Gasteiger partial charge in [0.25, 0.3) is 0 Å². The first-order valence-corrected chi connectivity index (χ1v) is 3.90. The highest BCUT2D eigenvalue weighted by Crippen LogP contribution is 1.90. The first kappa shape index (κ1) is 9.17. The number of rotatable bonds is 3. The fourth-order valence-electron chi connectivity index (χ4n) is 0.327. The number of amides is 1. The van der Waals surface area contributed by atoms with E-state index in [1.807, 2.05) is 0 Å². The van der Waals surface area contributed by atoms with E-state index in [-0.39, 0.29) is 11.2 Å². The molecular weight excluding hydrogens is 154 g/mol. The summed E-state index contributed by atoms with van der Waals surface area (Å²) in [6, 6.07) is 0. The maximum Gasteiger partial charge on any atom is 0.232 e. The molecule has 0 saturated carbocycles. The van der Waals surface area contributed by atoms with Crippen molar-refractivity contribution in [3.05, 3.63) is 0 Å². The van der Waals surface area contributed by atoms with Gasteiger partial charge >= 0.3 is 0 Å². The molecule has 0 aliphatic rings. The molecule has 0 aliphatic heterocycles. The van der Waals surface area contributed by atoms with Crippen LogP contribution in [0.1, 0.15) is 6.92 Å². The van der Waals surface area contributed by atoms with Gasteiger partial charge in [0.2, 0.25) is 5.91 Å². The molecule has 0 aromatic rings. The van der Waals surface area contributed by atoms with Crippen LogP contribution in [0.3, 0.4) is 0 Å². The van der Waals surface area contributed by atoms with Crippen molar-refractivity contribution >= 4 is 31.2 Å². The van der Waals surface area contributed by atoms with E-state index >= 15 is 0 Å². The third kappa shape index (κ3) is 4.66. The molecular formula is C5H11NOS2. The Morgan fingerprint density at radius 1 is 1.78 bits per heavy atom. The summed E-state index contributed by atoms with van der Waals surface area (Å²) >= 11 is 7.85. The largest absolute Gasteiger partial charge is 0.354 e. The first-order chi connectivity index (χ1) is 4.18. The van der Waals surface area contributed by atoms with Crippen molar-refractivity contribution in [1.82, 2.24) is 5.32 Å². The van der Waals surface area contributed by atoms with E-state index < -0.39 is 0 Å². The number of carbonyl (C=O) groups is 1. The van der Waals surface area contributed by atoms with Gasteiger partial charge in [0.05, 0.1) is 5.25 Å². The van der Waals surface area contributed by atoms with E-state index in [1.54, 1.807) is 6.92 Å². The Hall–Kier alpha value is 0.170. The quantitative estimate of drug-likeness (QED) is 0.518. The predicted octanol–water partition coefficient (Wildman–Crippen LogP) is 0.351. The first-order valence-electron chi connectivity index (χ1n) is 2.75. The lowest BCUT2D eigenvalue weighted by Gasteiger charge is -2.03. The fourth-order valence-corrected chi connectivity index (χ4v) is 0.530. The van der Waals surface area contributed by atoms with Gasteiger partial charge in [-0.15, -0.1) is 0 Å². The minimum Gasteiger partial charge on any atom is -0.354 e. The summed E-state index contributed by atoms with van der Waals surface area (Å²) in [5, 5.41) is 2.42. The van der Waals surface area contributed by atoms with Gasteiger partial charge in [-0.25, -0.2) is 0 Å². The van der Waals surface area contributed by atoms with Crippen LogP contribution >= 0.6 is 25.3 Å². The van der Waals surface area contributed by atoms with Crippen LogP contribution in [0.15, 0.2) is 0 Å². The molecule has 2 nitrogen and oxygen atoms in total. The van der Waals surface area contributed by atoms with Crippen molar-refractivity contribution in [2.45, 2.75) is 12.2 Å². The van der Waals surface area contributed by atoms with Crippen LogP contribution in [0.4, 0.5) is 0 Å². The molecule has 0 aromatic heterocycles. The van der Waals surface area contributed by atoms with Crippen molar-refractivity contribution in [1.29, 1.82) is 0 Å². The lowest BCUT2D eigenvalue weighted by Crippen LogP contribution is -2.31. The highest BCUT2D eigenvalue weighted by Gasteiger charge is 2.04. The molecule has 9 heavy (non-hydrogen) atoms. The Morgan fingerprint density at radius 3 is 2.67 bits per heavy atom. The Bertz CT molecular complexity index is 95.0. The van der Waals surface area contributed by atoms with Crippen LogP contribution in [-0.4, -0.2) is 23.5 Å². The molecule has 1 atom stereocenters. The predicted molar refractivity (Wildman–Crippen MR) is 45.3 cm³/mol. The smallest absolute Gasteiger partial charge is 0.232 e. The normalized spacial score (nSPS) is 12.8. The minimum atomic E-state index is -0.218. The van der Waals surface area contributed by atoms with Gasteiger partial charge in [-0.2, -0.15) is 25.3 Å². The molecule has 0 aromatic carbocycles. The van der Waals surface area contributed by atoms with E-state index in [0.29, 0.717) is 12.3 Å². The average molecular weight is 165 g/mol. The van der Waals surface area contributed by atoms with E-state index in [1.165, 1.54) is 0 Å². The molecule has 0 saturated heterocycles. The Labute approximate surface area is 66.2 Å². The zero-order valence-electron chi connectivity index (χ0n) is 5.29. The van der Waals surface area contributed by atoms with Crippen LogP contribution in [0.5, 0.6) is 0 Å². The molecule has 0 aliphatic carbocycles. The summed E-state index contributed by atoms with van der Waals surface area (Å²) in [4.78, 5) is 10.7. The standard InChI is InChI=1S/C5H11NOS2/c1-4(9)5(7)6-2-3-8/h4,8-9H,2-3H2,1H3,(H,6,7). The molecule has 0 rings (SSSR count). The molecule has 0 bridgehead atoms. The van der Waals surface area contributed by atoms with Crippen LogP contribution in [0, 0.1) is 0 Å². The number of carbonyl (C=O) groups excluding carboxylic acids is 1.